The average Bonchev–Trinajstić information content (AvgIpc) is 2.71. The van der Waals surface area contributed by atoms with Crippen molar-refractivity contribution < 1.29 is 0 Å². The van der Waals surface area contributed by atoms with Crippen molar-refractivity contribution in [2.75, 3.05) is 19.6 Å². The highest BCUT2D eigenvalue weighted by Gasteiger charge is 2.22. The van der Waals surface area contributed by atoms with E-state index in [9.17, 15) is 0 Å². The van der Waals surface area contributed by atoms with Crippen LogP contribution >= 0.6 is 0 Å². The molecule has 0 amide bonds. The lowest BCUT2D eigenvalue weighted by Gasteiger charge is -2.29. The van der Waals surface area contributed by atoms with Crippen molar-refractivity contribution >= 4 is 0 Å². The molecule has 0 aromatic heterocycles. The molecule has 1 unspecified atom stereocenters. The molecule has 1 heterocycles. The normalized spacial score (nSPS) is 30.9. The third-order valence-electron chi connectivity index (χ3n) is 4.43. The first-order valence-electron chi connectivity index (χ1n) is 7.37. The molecule has 1 saturated carbocycles. The number of nitrogens with zero attached hydrogens (tertiary/aromatic N) is 1. The Hall–Kier alpha value is -0.0800. The maximum atomic E-state index is 3.67. The number of rotatable bonds is 2. The molecule has 0 radical (unpaired) electrons. The molecule has 2 heteroatoms. The molecule has 1 atom stereocenters. The van der Waals surface area contributed by atoms with Gasteiger partial charge in [0.1, 0.15) is 0 Å². The zero-order valence-electron chi connectivity index (χ0n) is 10.9. The Balaban J connectivity index is 1.83. The number of nitrogens with one attached hydrogen (secondary N) is 1. The van der Waals surface area contributed by atoms with Gasteiger partial charge in [0.05, 0.1) is 0 Å². The third kappa shape index (κ3) is 3.46. The molecule has 1 aliphatic carbocycles. The summed E-state index contributed by atoms with van der Waals surface area (Å²) in [5.41, 5.74) is 0. The topological polar surface area (TPSA) is 15.3 Å². The molecule has 94 valence electrons. The van der Waals surface area contributed by atoms with Crippen LogP contribution in [-0.2, 0) is 0 Å². The molecule has 1 N–H and O–H groups in total. The molecule has 2 fully saturated rings. The Labute approximate surface area is 101 Å². The summed E-state index contributed by atoms with van der Waals surface area (Å²) in [5, 5.41) is 3.67. The van der Waals surface area contributed by atoms with E-state index in [0.29, 0.717) is 0 Å². The predicted molar refractivity (Wildman–Crippen MR) is 69.8 cm³/mol. The Kier molecular flexibility index (Phi) is 5.11. The zero-order valence-corrected chi connectivity index (χ0v) is 10.9. The van der Waals surface area contributed by atoms with Gasteiger partial charge in [-0.1, -0.05) is 32.6 Å². The molecule has 16 heavy (non-hydrogen) atoms. The summed E-state index contributed by atoms with van der Waals surface area (Å²) in [6, 6.07) is 1.68. The van der Waals surface area contributed by atoms with E-state index in [-0.39, 0.29) is 0 Å². The maximum absolute atomic E-state index is 3.67. The summed E-state index contributed by atoms with van der Waals surface area (Å²) in [5.74, 6) is 0. The van der Waals surface area contributed by atoms with Crippen LogP contribution in [0.15, 0.2) is 0 Å². The first kappa shape index (κ1) is 12.4. The molecule has 2 nitrogen and oxygen atoms in total. The van der Waals surface area contributed by atoms with Crippen molar-refractivity contribution in [1.82, 2.24) is 10.2 Å². The van der Waals surface area contributed by atoms with E-state index in [1.165, 1.54) is 71.0 Å². The second kappa shape index (κ2) is 6.61. The Bertz CT molecular complexity index is 185. The summed E-state index contributed by atoms with van der Waals surface area (Å²) >= 11 is 0. The Morgan fingerprint density at radius 1 is 1.00 bits per heavy atom. The van der Waals surface area contributed by atoms with Crippen LogP contribution in [-0.4, -0.2) is 36.6 Å². The van der Waals surface area contributed by atoms with E-state index < -0.39 is 0 Å². The fourth-order valence-electron chi connectivity index (χ4n) is 3.28. The van der Waals surface area contributed by atoms with Crippen molar-refractivity contribution in [2.45, 2.75) is 70.4 Å². The number of hydrogen-bond acceptors (Lipinski definition) is 2. The van der Waals surface area contributed by atoms with E-state index in [2.05, 4.69) is 17.1 Å². The van der Waals surface area contributed by atoms with Gasteiger partial charge in [0.25, 0.3) is 0 Å². The predicted octanol–water partition coefficient (Wildman–Crippen LogP) is 2.78. The molecule has 1 saturated heterocycles. The van der Waals surface area contributed by atoms with Gasteiger partial charge in [0.2, 0.25) is 0 Å². The molecule has 0 spiro atoms. The van der Waals surface area contributed by atoms with E-state index in [1.54, 1.807) is 0 Å². The Morgan fingerprint density at radius 2 is 1.75 bits per heavy atom. The van der Waals surface area contributed by atoms with Crippen molar-refractivity contribution in [3.05, 3.63) is 0 Å². The highest BCUT2D eigenvalue weighted by atomic mass is 15.2. The lowest BCUT2D eigenvalue weighted by molar-refractivity contribution is 0.189. The van der Waals surface area contributed by atoms with Gasteiger partial charge in [-0.25, -0.2) is 0 Å². The lowest BCUT2D eigenvalue weighted by Crippen LogP contribution is -2.37. The smallest absolute Gasteiger partial charge is 0.0110 e. The van der Waals surface area contributed by atoms with Crippen molar-refractivity contribution in [1.29, 1.82) is 0 Å². The van der Waals surface area contributed by atoms with Gasteiger partial charge < -0.3 is 5.32 Å². The summed E-state index contributed by atoms with van der Waals surface area (Å²) in [6.45, 7) is 6.12. The van der Waals surface area contributed by atoms with Crippen molar-refractivity contribution in [2.24, 2.45) is 0 Å². The third-order valence-corrected chi connectivity index (χ3v) is 4.43. The van der Waals surface area contributed by atoms with Crippen LogP contribution in [0.3, 0.4) is 0 Å². The first-order valence-corrected chi connectivity index (χ1v) is 7.37. The lowest BCUT2D eigenvalue weighted by atomic mass is 10.1. The molecule has 1 aliphatic heterocycles. The summed E-state index contributed by atoms with van der Waals surface area (Å²) in [7, 11) is 0. The van der Waals surface area contributed by atoms with Gasteiger partial charge in [0, 0.05) is 25.2 Å². The largest absolute Gasteiger partial charge is 0.313 e. The van der Waals surface area contributed by atoms with Gasteiger partial charge in [-0.05, 0) is 32.2 Å². The van der Waals surface area contributed by atoms with Crippen LogP contribution in [0.25, 0.3) is 0 Å². The molecule has 0 aromatic rings. The minimum atomic E-state index is 0.774. The van der Waals surface area contributed by atoms with Crippen LogP contribution < -0.4 is 5.32 Å². The van der Waals surface area contributed by atoms with E-state index in [0.717, 1.165) is 12.1 Å². The Morgan fingerprint density at radius 3 is 2.44 bits per heavy atom. The van der Waals surface area contributed by atoms with E-state index in [1.807, 2.05) is 0 Å². The van der Waals surface area contributed by atoms with Crippen LogP contribution in [0.5, 0.6) is 0 Å². The highest BCUT2D eigenvalue weighted by Crippen LogP contribution is 2.22. The van der Waals surface area contributed by atoms with Gasteiger partial charge in [-0.15, -0.1) is 0 Å². The van der Waals surface area contributed by atoms with E-state index in [4.69, 9.17) is 0 Å². The van der Waals surface area contributed by atoms with Crippen LogP contribution in [0.1, 0.15) is 58.3 Å². The van der Waals surface area contributed by atoms with E-state index >= 15 is 0 Å². The van der Waals surface area contributed by atoms with Crippen molar-refractivity contribution in [3.8, 4) is 0 Å². The van der Waals surface area contributed by atoms with Gasteiger partial charge in [0.15, 0.2) is 0 Å². The molecule has 2 aliphatic rings. The quantitative estimate of drug-likeness (QED) is 0.726. The molecule has 0 bridgehead atoms. The SMILES string of the molecule is CCC1CCN(C2CCCCCC2)CCN1. The number of hydrogen-bond donors (Lipinski definition) is 1. The average molecular weight is 224 g/mol. The zero-order chi connectivity index (χ0) is 11.2. The summed E-state index contributed by atoms with van der Waals surface area (Å²) < 4.78 is 0. The summed E-state index contributed by atoms with van der Waals surface area (Å²) in [6.07, 6.45) is 11.4. The molecule has 2 rings (SSSR count). The molecular formula is C14H28N2. The van der Waals surface area contributed by atoms with Crippen LogP contribution in [0.2, 0.25) is 0 Å². The molecular weight excluding hydrogens is 196 g/mol. The first-order chi connectivity index (χ1) is 7.90. The van der Waals surface area contributed by atoms with Crippen LogP contribution in [0, 0.1) is 0 Å². The monoisotopic (exact) mass is 224 g/mol. The van der Waals surface area contributed by atoms with Gasteiger partial charge >= 0.3 is 0 Å². The summed E-state index contributed by atoms with van der Waals surface area (Å²) in [4.78, 5) is 2.77. The van der Waals surface area contributed by atoms with Crippen LogP contribution in [0.4, 0.5) is 0 Å². The second-order valence-electron chi connectivity index (χ2n) is 5.53. The molecule has 0 aromatic carbocycles. The standard InChI is InChI=1S/C14H28N2/c1-2-13-9-11-16(12-10-15-13)14-7-5-3-4-6-8-14/h13-15H,2-12H2,1H3. The second-order valence-corrected chi connectivity index (χ2v) is 5.53. The fourth-order valence-corrected chi connectivity index (χ4v) is 3.28. The maximum Gasteiger partial charge on any atom is 0.0110 e. The fraction of sp³-hybridized carbons (Fsp3) is 1.00. The minimum Gasteiger partial charge on any atom is -0.313 e. The van der Waals surface area contributed by atoms with Gasteiger partial charge in [-0.3, -0.25) is 4.90 Å². The van der Waals surface area contributed by atoms with Crippen molar-refractivity contribution in [3.63, 3.8) is 0 Å². The highest BCUT2D eigenvalue weighted by molar-refractivity contribution is 4.80. The minimum absolute atomic E-state index is 0.774. The van der Waals surface area contributed by atoms with Gasteiger partial charge in [-0.2, -0.15) is 0 Å².